The molecule has 1 aliphatic heterocycles. The highest BCUT2D eigenvalue weighted by Gasteiger charge is 2.21. The van der Waals surface area contributed by atoms with Gasteiger partial charge < -0.3 is 10.6 Å². The number of hydrogen-bond donors (Lipinski definition) is 2. The summed E-state index contributed by atoms with van der Waals surface area (Å²) in [5, 5.41) is 5.64. The fourth-order valence-corrected chi connectivity index (χ4v) is 2.42. The number of hydrogen-bond acceptors (Lipinski definition) is 2. The average Bonchev–Trinajstić information content (AvgIpc) is 2.96. The lowest BCUT2D eigenvalue weighted by atomic mass is 10.1. The first-order chi connectivity index (χ1) is 10.6. The lowest BCUT2D eigenvalue weighted by Crippen LogP contribution is -2.27. The Morgan fingerprint density at radius 2 is 1.86 bits per heavy atom. The lowest BCUT2D eigenvalue weighted by Gasteiger charge is -2.14. The summed E-state index contributed by atoms with van der Waals surface area (Å²) in [5.74, 6) is -0.160. The predicted molar refractivity (Wildman–Crippen MR) is 86.3 cm³/mol. The number of anilines is 2. The zero-order valence-electron chi connectivity index (χ0n) is 12.3. The highest BCUT2D eigenvalue weighted by Crippen LogP contribution is 2.19. The van der Waals surface area contributed by atoms with Crippen LogP contribution in [0.3, 0.4) is 0 Å². The zero-order chi connectivity index (χ0) is 15.5. The van der Waals surface area contributed by atoms with Gasteiger partial charge in [-0.25, -0.2) is 4.79 Å². The van der Waals surface area contributed by atoms with Crippen molar-refractivity contribution in [2.45, 2.75) is 6.92 Å². The van der Waals surface area contributed by atoms with Crippen LogP contribution < -0.4 is 15.5 Å². The van der Waals surface area contributed by atoms with Gasteiger partial charge in [0.15, 0.2) is 0 Å². The minimum absolute atomic E-state index is 0.0999. The largest absolute Gasteiger partial charge is 0.336 e. The van der Waals surface area contributed by atoms with Gasteiger partial charge in [-0.3, -0.25) is 9.69 Å². The topological polar surface area (TPSA) is 61.4 Å². The van der Waals surface area contributed by atoms with E-state index < -0.39 is 0 Å². The molecule has 0 aliphatic carbocycles. The molecule has 0 unspecified atom stereocenters. The summed E-state index contributed by atoms with van der Waals surface area (Å²) in [7, 11) is 0. The van der Waals surface area contributed by atoms with Gasteiger partial charge in [-0.2, -0.15) is 0 Å². The van der Waals surface area contributed by atoms with Crippen molar-refractivity contribution in [2.24, 2.45) is 0 Å². The van der Waals surface area contributed by atoms with Gasteiger partial charge in [0.05, 0.1) is 0 Å². The number of benzene rings is 2. The Labute approximate surface area is 128 Å². The Morgan fingerprint density at radius 1 is 1.14 bits per heavy atom. The summed E-state index contributed by atoms with van der Waals surface area (Å²) < 4.78 is 0. The van der Waals surface area contributed by atoms with Gasteiger partial charge in [0.1, 0.15) is 0 Å². The van der Waals surface area contributed by atoms with Crippen LogP contribution in [-0.4, -0.2) is 25.0 Å². The Kier molecular flexibility index (Phi) is 3.78. The normalized spacial score (nSPS) is 13.9. The molecule has 22 heavy (non-hydrogen) atoms. The van der Waals surface area contributed by atoms with Crippen LogP contribution in [-0.2, 0) is 0 Å². The van der Waals surface area contributed by atoms with Crippen LogP contribution in [0.25, 0.3) is 0 Å². The first-order valence-corrected chi connectivity index (χ1v) is 7.17. The van der Waals surface area contributed by atoms with Crippen molar-refractivity contribution >= 4 is 23.3 Å². The van der Waals surface area contributed by atoms with Crippen LogP contribution in [0.2, 0.25) is 0 Å². The smallest absolute Gasteiger partial charge is 0.321 e. The molecule has 2 aromatic carbocycles. The molecule has 0 atom stereocenters. The fourth-order valence-electron chi connectivity index (χ4n) is 2.42. The number of amides is 3. The van der Waals surface area contributed by atoms with Crippen LogP contribution in [0.15, 0.2) is 48.5 Å². The summed E-state index contributed by atoms with van der Waals surface area (Å²) in [6.07, 6.45) is 0. The van der Waals surface area contributed by atoms with Crippen molar-refractivity contribution < 1.29 is 9.59 Å². The van der Waals surface area contributed by atoms with Gasteiger partial charge >= 0.3 is 6.03 Å². The SMILES string of the molecule is Cc1ccccc1NC(=O)c1ccc(N2CCNC2=O)cc1. The Bertz CT molecular complexity index is 710. The monoisotopic (exact) mass is 295 g/mol. The van der Waals surface area contributed by atoms with Gasteiger partial charge in [-0.15, -0.1) is 0 Å². The molecular weight excluding hydrogens is 278 g/mol. The molecule has 0 aromatic heterocycles. The maximum absolute atomic E-state index is 12.3. The van der Waals surface area contributed by atoms with E-state index in [-0.39, 0.29) is 11.9 Å². The second-order valence-electron chi connectivity index (χ2n) is 5.20. The average molecular weight is 295 g/mol. The maximum atomic E-state index is 12.3. The summed E-state index contributed by atoms with van der Waals surface area (Å²) in [5.41, 5.74) is 3.17. The second kappa shape index (κ2) is 5.89. The van der Waals surface area contributed by atoms with Crippen molar-refractivity contribution in [1.82, 2.24) is 5.32 Å². The van der Waals surface area contributed by atoms with Crippen molar-refractivity contribution in [3.63, 3.8) is 0 Å². The molecule has 112 valence electrons. The minimum atomic E-state index is -0.160. The molecule has 3 amide bonds. The fraction of sp³-hybridized carbons (Fsp3) is 0.176. The van der Waals surface area contributed by atoms with E-state index in [0.717, 1.165) is 16.9 Å². The van der Waals surface area contributed by atoms with E-state index in [4.69, 9.17) is 0 Å². The Morgan fingerprint density at radius 3 is 2.50 bits per heavy atom. The molecule has 1 saturated heterocycles. The van der Waals surface area contributed by atoms with Crippen LogP contribution in [0.5, 0.6) is 0 Å². The van der Waals surface area contributed by atoms with E-state index in [1.54, 1.807) is 29.2 Å². The van der Waals surface area contributed by atoms with Crippen LogP contribution in [0.1, 0.15) is 15.9 Å². The maximum Gasteiger partial charge on any atom is 0.321 e. The molecule has 0 saturated carbocycles. The summed E-state index contributed by atoms with van der Waals surface area (Å²) in [4.78, 5) is 25.5. The van der Waals surface area contributed by atoms with E-state index in [0.29, 0.717) is 18.7 Å². The molecule has 5 nitrogen and oxygen atoms in total. The van der Waals surface area contributed by atoms with Crippen molar-refractivity contribution in [2.75, 3.05) is 23.3 Å². The van der Waals surface area contributed by atoms with E-state index >= 15 is 0 Å². The molecule has 2 N–H and O–H groups in total. The van der Waals surface area contributed by atoms with Crippen LogP contribution in [0, 0.1) is 6.92 Å². The minimum Gasteiger partial charge on any atom is -0.336 e. The Hall–Kier alpha value is -2.82. The van der Waals surface area contributed by atoms with Crippen molar-refractivity contribution in [1.29, 1.82) is 0 Å². The number of urea groups is 1. The lowest BCUT2D eigenvalue weighted by molar-refractivity contribution is 0.102. The molecular formula is C17H17N3O2. The van der Waals surface area contributed by atoms with Crippen LogP contribution >= 0.6 is 0 Å². The summed E-state index contributed by atoms with van der Waals surface area (Å²) >= 11 is 0. The number of nitrogens with zero attached hydrogens (tertiary/aromatic N) is 1. The molecule has 3 rings (SSSR count). The standard InChI is InChI=1S/C17H17N3O2/c1-12-4-2-3-5-15(12)19-16(21)13-6-8-14(9-7-13)20-11-10-18-17(20)22/h2-9H,10-11H2,1H3,(H,18,22)(H,19,21). The molecule has 5 heteroatoms. The molecule has 0 bridgehead atoms. The number of para-hydroxylation sites is 1. The van der Waals surface area contributed by atoms with E-state index in [9.17, 15) is 9.59 Å². The van der Waals surface area contributed by atoms with E-state index in [2.05, 4.69) is 10.6 Å². The summed E-state index contributed by atoms with van der Waals surface area (Å²) in [6.45, 7) is 3.24. The van der Waals surface area contributed by atoms with Gasteiger partial charge in [-0.05, 0) is 42.8 Å². The number of aryl methyl sites for hydroxylation is 1. The van der Waals surface area contributed by atoms with Crippen LogP contribution in [0.4, 0.5) is 16.2 Å². The quantitative estimate of drug-likeness (QED) is 0.914. The molecule has 1 heterocycles. The van der Waals surface area contributed by atoms with Crippen molar-refractivity contribution in [3.05, 3.63) is 59.7 Å². The third-order valence-electron chi connectivity index (χ3n) is 3.69. The van der Waals surface area contributed by atoms with Gasteiger partial charge in [0.2, 0.25) is 0 Å². The third-order valence-corrected chi connectivity index (χ3v) is 3.69. The Balaban J connectivity index is 1.74. The number of carbonyl (C=O) groups is 2. The first-order valence-electron chi connectivity index (χ1n) is 7.17. The number of rotatable bonds is 3. The molecule has 0 radical (unpaired) electrons. The van der Waals surface area contributed by atoms with Crippen molar-refractivity contribution in [3.8, 4) is 0 Å². The molecule has 2 aromatic rings. The summed E-state index contributed by atoms with van der Waals surface area (Å²) in [6, 6.07) is 14.6. The first kappa shape index (κ1) is 14.1. The zero-order valence-corrected chi connectivity index (χ0v) is 12.3. The van der Waals surface area contributed by atoms with Gasteiger partial charge in [0.25, 0.3) is 5.91 Å². The molecule has 1 fully saturated rings. The third kappa shape index (κ3) is 2.79. The van der Waals surface area contributed by atoms with E-state index in [1.165, 1.54) is 0 Å². The van der Waals surface area contributed by atoms with E-state index in [1.807, 2.05) is 31.2 Å². The highest BCUT2D eigenvalue weighted by atomic mass is 16.2. The number of nitrogens with one attached hydrogen (secondary N) is 2. The number of carbonyl (C=O) groups excluding carboxylic acids is 2. The highest BCUT2D eigenvalue weighted by molar-refractivity contribution is 6.05. The molecule has 0 spiro atoms. The van der Waals surface area contributed by atoms with Gasteiger partial charge in [-0.1, -0.05) is 18.2 Å². The second-order valence-corrected chi connectivity index (χ2v) is 5.20. The molecule has 1 aliphatic rings. The van der Waals surface area contributed by atoms with Gasteiger partial charge in [0, 0.05) is 30.0 Å². The predicted octanol–water partition coefficient (Wildman–Crippen LogP) is 2.78.